The van der Waals surface area contributed by atoms with Crippen LogP contribution in [0.4, 0.5) is 5.82 Å². The minimum Gasteiger partial charge on any atom is -0.462 e. The predicted molar refractivity (Wildman–Crippen MR) is 103 cm³/mol. The van der Waals surface area contributed by atoms with Gasteiger partial charge in [-0.2, -0.15) is 4.98 Å². The van der Waals surface area contributed by atoms with Gasteiger partial charge in [0.2, 0.25) is 5.28 Å². The first kappa shape index (κ1) is 19.5. The molecule has 8 heteroatoms. The standard InChI is InChI=1S/C19H23ClN4O3/c1-3-5-6-7-15(25)26-12-19(4-2)10-8-14(27-19)24-11-9-13-16(21)22-18(20)23-17(13)24/h2,9,11,14H,3,5-8,10,12H2,1H3,(H2,21,22,23)/t14-,19+/m1/s1. The molecule has 3 heterocycles. The van der Waals surface area contributed by atoms with E-state index in [2.05, 4.69) is 22.8 Å². The van der Waals surface area contributed by atoms with E-state index < -0.39 is 5.60 Å². The lowest BCUT2D eigenvalue weighted by molar-refractivity contribution is -0.152. The van der Waals surface area contributed by atoms with Crippen LogP contribution >= 0.6 is 11.6 Å². The summed E-state index contributed by atoms with van der Waals surface area (Å²) in [6, 6.07) is 1.81. The van der Waals surface area contributed by atoms with Crippen molar-refractivity contribution in [2.24, 2.45) is 0 Å². The first-order chi connectivity index (χ1) is 13.0. The van der Waals surface area contributed by atoms with Gasteiger partial charge in [0.25, 0.3) is 0 Å². The van der Waals surface area contributed by atoms with E-state index in [9.17, 15) is 4.79 Å². The monoisotopic (exact) mass is 390 g/mol. The third-order valence-electron chi connectivity index (χ3n) is 4.75. The second kappa shape index (κ2) is 8.15. The summed E-state index contributed by atoms with van der Waals surface area (Å²) in [5.74, 6) is 2.73. The molecule has 7 nitrogen and oxygen atoms in total. The number of aromatic nitrogens is 3. The quantitative estimate of drug-likeness (QED) is 0.337. The molecule has 2 atom stereocenters. The van der Waals surface area contributed by atoms with Gasteiger partial charge in [-0.1, -0.05) is 25.7 Å². The summed E-state index contributed by atoms with van der Waals surface area (Å²) in [6.45, 7) is 2.13. The van der Waals surface area contributed by atoms with E-state index in [1.54, 1.807) is 0 Å². The van der Waals surface area contributed by atoms with Gasteiger partial charge in [-0.25, -0.2) is 4.98 Å². The van der Waals surface area contributed by atoms with Crippen molar-refractivity contribution < 1.29 is 14.3 Å². The fourth-order valence-corrected chi connectivity index (χ4v) is 3.41. The Morgan fingerprint density at radius 2 is 2.37 bits per heavy atom. The highest BCUT2D eigenvalue weighted by atomic mass is 35.5. The maximum Gasteiger partial charge on any atom is 0.305 e. The summed E-state index contributed by atoms with van der Waals surface area (Å²) in [4.78, 5) is 20.1. The summed E-state index contributed by atoms with van der Waals surface area (Å²) < 4.78 is 13.3. The third-order valence-corrected chi connectivity index (χ3v) is 4.92. The van der Waals surface area contributed by atoms with Crippen LogP contribution in [0, 0.1) is 12.3 Å². The number of carbonyl (C=O) groups excluding carboxylic acids is 1. The van der Waals surface area contributed by atoms with Gasteiger partial charge < -0.3 is 19.8 Å². The second-order valence-electron chi connectivity index (χ2n) is 6.71. The molecule has 27 heavy (non-hydrogen) atoms. The van der Waals surface area contributed by atoms with Gasteiger partial charge in [-0.3, -0.25) is 4.79 Å². The van der Waals surface area contributed by atoms with E-state index in [0.717, 1.165) is 19.3 Å². The molecule has 0 bridgehead atoms. The summed E-state index contributed by atoms with van der Waals surface area (Å²) in [7, 11) is 0. The summed E-state index contributed by atoms with van der Waals surface area (Å²) in [5.41, 5.74) is 5.54. The van der Waals surface area contributed by atoms with Crippen LogP contribution in [0.1, 0.15) is 51.7 Å². The zero-order valence-corrected chi connectivity index (χ0v) is 16.0. The highest BCUT2D eigenvalue weighted by Crippen LogP contribution is 2.38. The number of rotatable bonds is 7. The smallest absolute Gasteiger partial charge is 0.305 e. The van der Waals surface area contributed by atoms with Crippen LogP contribution in [0.3, 0.4) is 0 Å². The predicted octanol–water partition coefficient (Wildman–Crippen LogP) is 3.47. The van der Waals surface area contributed by atoms with Crippen LogP contribution in [0.2, 0.25) is 5.28 Å². The van der Waals surface area contributed by atoms with E-state index in [1.165, 1.54) is 0 Å². The van der Waals surface area contributed by atoms with Crippen molar-refractivity contribution in [2.45, 2.75) is 57.3 Å². The van der Waals surface area contributed by atoms with Gasteiger partial charge in [0.05, 0.1) is 5.39 Å². The van der Waals surface area contributed by atoms with Crippen LogP contribution in [0.25, 0.3) is 11.0 Å². The number of nitrogens with two attached hydrogens (primary N) is 1. The molecule has 1 fully saturated rings. The van der Waals surface area contributed by atoms with Gasteiger partial charge in [-0.05, 0) is 36.9 Å². The number of unbranched alkanes of at least 4 members (excludes halogenated alkanes) is 2. The van der Waals surface area contributed by atoms with Crippen molar-refractivity contribution >= 4 is 34.4 Å². The van der Waals surface area contributed by atoms with Gasteiger partial charge in [0.15, 0.2) is 5.60 Å². The lowest BCUT2D eigenvalue weighted by Crippen LogP contribution is -2.34. The van der Waals surface area contributed by atoms with Crippen LogP contribution in [-0.2, 0) is 14.3 Å². The summed E-state index contributed by atoms with van der Waals surface area (Å²) in [5, 5.41) is 0.769. The van der Waals surface area contributed by atoms with Gasteiger partial charge in [-0.15, -0.1) is 6.42 Å². The van der Waals surface area contributed by atoms with Crippen LogP contribution in [0.5, 0.6) is 0 Å². The summed E-state index contributed by atoms with van der Waals surface area (Å²) >= 11 is 5.93. The Balaban J connectivity index is 1.69. The van der Waals surface area contributed by atoms with Crippen molar-refractivity contribution in [2.75, 3.05) is 12.3 Å². The fraction of sp³-hybridized carbons (Fsp3) is 0.526. The number of hydrogen-bond acceptors (Lipinski definition) is 6. The molecular weight excluding hydrogens is 368 g/mol. The Morgan fingerprint density at radius 1 is 1.56 bits per heavy atom. The molecule has 144 valence electrons. The molecule has 2 aromatic heterocycles. The molecule has 0 unspecified atom stereocenters. The number of carbonyl (C=O) groups is 1. The Labute approximate surface area is 163 Å². The van der Waals surface area contributed by atoms with E-state index in [-0.39, 0.29) is 24.1 Å². The maximum atomic E-state index is 11.9. The molecule has 2 N–H and O–H groups in total. The van der Waals surface area contributed by atoms with Crippen molar-refractivity contribution in [3.63, 3.8) is 0 Å². The lowest BCUT2D eigenvalue weighted by atomic mass is 10.0. The van der Waals surface area contributed by atoms with Crippen molar-refractivity contribution in [1.82, 2.24) is 14.5 Å². The molecule has 3 rings (SSSR count). The van der Waals surface area contributed by atoms with Gasteiger partial charge in [0.1, 0.15) is 24.3 Å². The number of hydrogen-bond donors (Lipinski definition) is 1. The Hall–Kier alpha value is -2.30. The highest BCUT2D eigenvalue weighted by Gasteiger charge is 2.41. The second-order valence-corrected chi connectivity index (χ2v) is 7.04. The highest BCUT2D eigenvalue weighted by molar-refractivity contribution is 6.28. The van der Waals surface area contributed by atoms with Gasteiger partial charge in [0, 0.05) is 12.6 Å². The van der Waals surface area contributed by atoms with E-state index in [4.69, 9.17) is 33.2 Å². The van der Waals surface area contributed by atoms with E-state index >= 15 is 0 Å². The van der Waals surface area contributed by atoms with Gasteiger partial charge >= 0.3 is 5.97 Å². The number of terminal acetylenes is 1. The average Bonchev–Trinajstić information content (AvgIpc) is 3.25. The van der Waals surface area contributed by atoms with E-state index in [1.807, 2.05) is 16.8 Å². The van der Waals surface area contributed by atoms with Crippen LogP contribution in [0.15, 0.2) is 12.3 Å². The Kier molecular flexibility index (Phi) is 5.88. The number of nitrogens with zero attached hydrogens (tertiary/aromatic N) is 3. The molecule has 1 aliphatic rings. The lowest BCUT2D eigenvalue weighted by Gasteiger charge is -2.24. The molecule has 0 spiro atoms. The molecule has 0 radical (unpaired) electrons. The molecule has 0 aromatic carbocycles. The van der Waals surface area contributed by atoms with Crippen molar-refractivity contribution in [3.8, 4) is 12.3 Å². The molecule has 1 aliphatic heterocycles. The first-order valence-corrected chi connectivity index (χ1v) is 9.46. The first-order valence-electron chi connectivity index (χ1n) is 9.09. The number of ether oxygens (including phenoxy) is 2. The number of halogens is 1. The maximum absolute atomic E-state index is 11.9. The average molecular weight is 391 g/mol. The van der Waals surface area contributed by atoms with Crippen molar-refractivity contribution in [1.29, 1.82) is 0 Å². The molecule has 1 saturated heterocycles. The number of esters is 1. The SMILES string of the molecule is C#C[C@@]1(COC(=O)CCCCC)CC[C@H](n2ccc3c(N)nc(Cl)nc32)O1. The topological polar surface area (TPSA) is 92.3 Å². The van der Waals surface area contributed by atoms with Crippen LogP contribution in [-0.4, -0.2) is 32.7 Å². The van der Waals surface area contributed by atoms with Crippen molar-refractivity contribution in [3.05, 3.63) is 17.5 Å². The third kappa shape index (κ3) is 4.18. The largest absolute Gasteiger partial charge is 0.462 e. The molecule has 2 aromatic rings. The minimum absolute atomic E-state index is 0.0437. The summed E-state index contributed by atoms with van der Waals surface area (Å²) in [6.07, 6.45) is 11.7. The molecule has 0 saturated carbocycles. The van der Waals surface area contributed by atoms with E-state index in [0.29, 0.717) is 36.1 Å². The number of nitrogen functional groups attached to an aromatic ring is 1. The fourth-order valence-electron chi connectivity index (χ4n) is 3.23. The molecular formula is C19H23ClN4O3. The normalized spacial score (nSPS) is 22.0. The zero-order chi connectivity index (χ0) is 19.4. The Morgan fingerprint density at radius 3 is 3.11 bits per heavy atom. The minimum atomic E-state index is -0.940. The number of anilines is 1. The Bertz CT molecular complexity index is 876. The molecule has 0 aliphatic carbocycles. The zero-order valence-electron chi connectivity index (χ0n) is 15.3. The van der Waals surface area contributed by atoms with Crippen LogP contribution < -0.4 is 5.73 Å². The molecule has 0 amide bonds. The number of fused-ring (bicyclic) bond motifs is 1.